The van der Waals surface area contributed by atoms with Crippen molar-refractivity contribution in [2.24, 2.45) is 0 Å². The van der Waals surface area contributed by atoms with Crippen LogP contribution in [0.25, 0.3) is 11.0 Å². The summed E-state index contributed by atoms with van der Waals surface area (Å²) in [7, 11) is 1.31. The molecule has 0 saturated carbocycles. The van der Waals surface area contributed by atoms with E-state index in [-0.39, 0.29) is 17.8 Å². The van der Waals surface area contributed by atoms with Gasteiger partial charge in [-0.25, -0.2) is 4.79 Å². The van der Waals surface area contributed by atoms with E-state index in [1.165, 1.54) is 7.11 Å². The molecule has 0 spiro atoms. The second-order valence-corrected chi connectivity index (χ2v) is 7.96. The molecule has 0 saturated heterocycles. The third-order valence-electron chi connectivity index (χ3n) is 4.89. The van der Waals surface area contributed by atoms with Crippen molar-refractivity contribution in [3.05, 3.63) is 97.8 Å². The molecule has 8 heteroatoms. The van der Waals surface area contributed by atoms with Crippen LogP contribution in [-0.4, -0.2) is 13.1 Å². The first kappa shape index (κ1) is 22.7. The van der Waals surface area contributed by atoms with Gasteiger partial charge in [-0.1, -0.05) is 29.3 Å². The van der Waals surface area contributed by atoms with Crippen LogP contribution in [0.4, 0.5) is 0 Å². The maximum absolute atomic E-state index is 13.0. The largest absolute Gasteiger partial charge is 0.489 e. The van der Waals surface area contributed by atoms with Crippen LogP contribution in [0.1, 0.15) is 21.7 Å². The second kappa shape index (κ2) is 9.57. The quantitative estimate of drug-likeness (QED) is 0.288. The van der Waals surface area contributed by atoms with Crippen molar-refractivity contribution in [3.63, 3.8) is 0 Å². The fourth-order valence-electron chi connectivity index (χ4n) is 3.17. The molecule has 1 heterocycles. The number of aryl methyl sites for hydroxylation is 1. The first-order valence-electron chi connectivity index (χ1n) is 9.86. The van der Waals surface area contributed by atoms with Crippen molar-refractivity contribution in [1.82, 2.24) is 0 Å². The van der Waals surface area contributed by atoms with Crippen molar-refractivity contribution in [3.8, 4) is 17.2 Å². The fraction of sp³-hybridized carbons (Fsp3) is 0.120. The highest BCUT2D eigenvalue weighted by atomic mass is 35.5. The highest BCUT2D eigenvalue weighted by molar-refractivity contribution is 6.35. The molecule has 0 aliphatic heterocycles. The van der Waals surface area contributed by atoms with Gasteiger partial charge in [0.05, 0.1) is 18.1 Å². The van der Waals surface area contributed by atoms with Gasteiger partial charge in [-0.3, -0.25) is 4.79 Å². The molecule has 0 N–H and O–H groups in total. The van der Waals surface area contributed by atoms with E-state index >= 15 is 0 Å². The monoisotopic (exact) mass is 484 g/mol. The minimum absolute atomic E-state index is 0.0648. The Morgan fingerprint density at radius 2 is 1.70 bits per heavy atom. The highest BCUT2D eigenvalue weighted by Crippen LogP contribution is 2.28. The Bertz CT molecular complexity index is 1390. The standard InChI is InChI=1S/C25H18Cl2O6/c1-14-24(33-18-7-4-15(5-8-18)25(29)30-2)23(28)20-10-9-19(12-22(20)32-14)31-13-16-3-6-17(26)11-21(16)27/h3-12H,13H2,1-2H3. The average molecular weight is 485 g/mol. The predicted molar refractivity (Wildman–Crippen MR) is 126 cm³/mol. The van der Waals surface area contributed by atoms with Gasteiger partial charge in [0.2, 0.25) is 11.2 Å². The van der Waals surface area contributed by atoms with Gasteiger partial charge in [-0.2, -0.15) is 0 Å². The first-order valence-corrected chi connectivity index (χ1v) is 10.6. The van der Waals surface area contributed by atoms with Crippen molar-refractivity contribution in [2.75, 3.05) is 7.11 Å². The number of esters is 1. The molecule has 33 heavy (non-hydrogen) atoms. The summed E-state index contributed by atoms with van der Waals surface area (Å²) in [5.74, 6) is 0.817. The molecule has 0 bridgehead atoms. The number of halogens is 2. The molecule has 6 nitrogen and oxygen atoms in total. The zero-order chi connectivity index (χ0) is 23.5. The number of carbonyl (C=O) groups excluding carboxylic acids is 1. The summed E-state index contributed by atoms with van der Waals surface area (Å²) < 4.78 is 22.1. The SMILES string of the molecule is COC(=O)c1ccc(Oc2c(C)oc3cc(OCc4ccc(Cl)cc4Cl)ccc3c2=O)cc1. The van der Waals surface area contributed by atoms with Crippen molar-refractivity contribution >= 4 is 40.1 Å². The lowest BCUT2D eigenvalue weighted by atomic mass is 10.2. The van der Waals surface area contributed by atoms with Gasteiger partial charge in [-0.15, -0.1) is 0 Å². The van der Waals surface area contributed by atoms with E-state index < -0.39 is 5.97 Å². The summed E-state index contributed by atoms with van der Waals surface area (Å²) in [6, 6.07) is 16.4. The molecule has 0 atom stereocenters. The van der Waals surface area contributed by atoms with E-state index in [0.29, 0.717) is 43.8 Å². The van der Waals surface area contributed by atoms with Crippen molar-refractivity contribution in [2.45, 2.75) is 13.5 Å². The lowest BCUT2D eigenvalue weighted by Crippen LogP contribution is -2.08. The maximum Gasteiger partial charge on any atom is 0.337 e. The Kier molecular flexibility index (Phi) is 6.58. The molecule has 0 amide bonds. The number of fused-ring (bicyclic) bond motifs is 1. The Morgan fingerprint density at radius 3 is 2.39 bits per heavy atom. The van der Waals surface area contributed by atoms with Gasteiger partial charge in [0, 0.05) is 21.7 Å². The molecule has 0 aliphatic rings. The molecular formula is C25H18Cl2O6. The van der Waals surface area contributed by atoms with E-state index in [4.69, 9.17) is 37.1 Å². The zero-order valence-corrected chi connectivity index (χ0v) is 19.2. The fourth-order valence-corrected chi connectivity index (χ4v) is 3.63. The van der Waals surface area contributed by atoms with Gasteiger partial charge < -0.3 is 18.6 Å². The Morgan fingerprint density at radius 1 is 0.970 bits per heavy atom. The average Bonchev–Trinajstić information content (AvgIpc) is 2.81. The van der Waals surface area contributed by atoms with Crippen LogP contribution in [0.2, 0.25) is 10.0 Å². The van der Waals surface area contributed by atoms with E-state index in [9.17, 15) is 9.59 Å². The second-order valence-electron chi connectivity index (χ2n) is 7.12. The molecule has 0 fully saturated rings. The lowest BCUT2D eigenvalue weighted by molar-refractivity contribution is 0.0600. The van der Waals surface area contributed by atoms with Crippen molar-refractivity contribution in [1.29, 1.82) is 0 Å². The molecule has 4 rings (SSSR count). The van der Waals surface area contributed by atoms with Gasteiger partial charge >= 0.3 is 5.97 Å². The van der Waals surface area contributed by atoms with E-state index in [0.717, 1.165) is 5.56 Å². The Hall–Kier alpha value is -3.48. The van der Waals surface area contributed by atoms with Crippen LogP contribution in [0.5, 0.6) is 17.2 Å². The summed E-state index contributed by atoms with van der Waals surface area (Å²) in [6.45, 7) is 1.87. The normalized spacial score (nSPS) is 10.8. The highest BCUT2D eigenvalue weighted by Gasteiger charge is 2.15. The summed E-state index contributed by atoms with van der Waals surface area (Å²) in [6.07, 6.45) is 0. The van der Waals surface area contributed by atoms with Crippen LogP contribution in [0.3, 0.4) is 0 Å². The number of hydrogen-bond donors (Lipinski definition) is 0. The number of benzene rings is 3. The van der Waals surface area contributed by atoms with Gasteiger partial charge in [0.1, 0.15) is 29.4 Å². The molecule has 1 aromatic heterocycles. The predicted octanol–water partition coefficient (Wildman–Crippen LogP) is 6.57. The molecule has 0 radical (unpaired) electrons. The van der Waals surface area contributed by atoms with Gasteiger partial charge in [-0.05, 0) is 55.5 Å². The van der Waals surface area contributed by atoms with E-state index in [2.05, 4.69) is 4.74 Å². The lowest BCUT2D eigenvalue weighted by Gasteiger charge is -2.11. The maximum atomic E-state index is 13.0. The summed E-state index contributed by atoms with van der Waals surface area (Å²) in [5, 5.41) is 1.40. The summed E-state index contributed by atoms with van der Waals surface area (Å²) in [5.41, 5.74) is 1.20. The number of hydrogen-bond acceptors (Lipinski definition) is 6. The molecule has 0 aliphatic carbocycles. The number of ether oxygens (including phenoxy) is 3. The van der Waals surface area contributed by atoms with Crippen LogP contribution < -0.4 is 14.9 Å². The minimum Gasteiger partial charge on any atom is -0.489 e. The molecule has 4 aromatic rings. The van der Waals surface area contributed by atoms with Crippen LogP contribution in [0.15, 0.2) is 69.9 Å². The van der Waals surface area contributed by atoms with Gasteiger partial charge in [0.25, 0.3) is 0 Å². The van der Waals surface area contributed by atoms with Crippen LogP contribution in [-0.2, 0) is 11.3 Å². The van der Waals surface area contributed by atoms with E-state index in [1.54, 1.807) is 67.6 Å². The Labute approximate surface area is 199 Å². The van der Waals surface area contributed by atoms with Crippen molar-refractivity contribution < 1.29 is 23.4 Å². The summed E-state index contributed by atoms with van der Waals surface area (Å²) in [4.78, 5) is 24.6. The summed E-state index contributed by atoms with van der Waals surface area (Å²) >= 11 is 12.1. The van der Waals surface area contributed by atoms with Crippen LogP contribution >= 0.6 is 23.2 Å². The minimum atomic E-state index is -0.459. The third-order valence-corrected chi connectivity index (χ3v) is 5.48. The Balaban J connectivity index is 1.57. The van der Waals surface area contributed by atoms with E-state index in [1.807, 2.05) is 0 Å². The molecule has 168 valence electrons. The smallest absolute Gasteiger partial charge is 0.337 e. The molecule has 3 aromatic carbocycles. The third kappa shape index (κ3) is 4.97. The number of methoxy groups -OCH3 is 1. The van der Waals surface area contributed by atoms with Gasteiger partial charge in [0.15, 0.2) is 0 Å². The van der Waals surface area contributed by atoms with Crippen LogP contribution in [0, 0.1) is 6.92 Å². The zero-order valence-electron chi connectivity index (χ0n) is 17.7. The first-order chi connectivity index (χ1) is 15.9. The number of carbonyl (C=O) groups is 1. The molecule has 0 unspecified atom stereocenters. The molecular weight excluding hydrogens is 467 g/mol. The number of rotatable bonds is 6. The topological polar surface area (TPSA) is 75.0 Å².